The lowest BCUT2D eigenvalue weighted by Gasteiger charge is -2.18. The van der Waals surface area contributed by atoms with Gasteiger partial charge in [0, 0.05) is 6.54 Å². The van der Waals surface area contributed by atoms with Gasteiger partial charge in [-0.3, -0.25) is 9.59 Å². The number of hydrogen-bond acceptors (Lipinski definition) is 6. The molecule has 0 aliphatic carbocycles. The predicted octanol–water partition coefficient (Wildman–Crippen LogP) is 0.736. The fourth-order valence-corrected chi connectivity index (χ4v) is 2.01. The molecule has 1 amide bonds. The van der Waals surface area contributed by atoms with E-state index >= 15 is 0 Å². The lowest BCUT2D eigenvalue weighted by Crippen LogP contribution is -2.36. The molecule has 0 saturated heterocycles. The standard InChI is InChI=1S/C10H15N3O3S/c1-4-7-9(17-12-11-7)10(15)13(5-2)6-8(14)16-3/h4-6H2,1-3H3. The molecule has 0 aromatic carbocycles. The minimum absolute atomic E-state index is 0.0487. The maximum Gasteiger partial charge on any atom is 0.325 e. The van der Waals surface area contributed by atoms with Gasteiger partial charge in [0.1, 0.15) is 11.4 Å². The molecule has 0 bridgehead atoms. The van der Waals surface area contributed by atoms with E-state index in [0.717, 1.165) is 11.5 Å². The van der Waals surface area contributed by atoms with E-state index in [1.807, 2.05) is 6.92 Å². The highest BCUT2D eigenvalue weighted by Crippen LogP contribution is 2.14. The molecule has 1 rings (SSSR count). The Morgan fingerprint density at radius 3 is 2.65 bits per heavy atom. The number of esters is 1. The molecule has 1 aromatic heterocycles. The normalized spacial score (nSPS) is 10.1. The minimum atomic E-state index is -0.435. The van der Waals surface area contributed by atoms with E-state index in [4.69, 9.17) is 0 Å². The van der Waals surface area contributed by atoms with Crippen LogP contribution in [0, 0.1) is 0 Å². The third-order valence-electron chi connectivity index (χ3n) is 2.30. The summed E-state index contributed by atoms with van der Waals surface area (Å²) in [6.45, 7) is 4.10. The Kier molecular flexibility index (Phi) is 5.02. The van der Waals surface area contributed by atoms with Crippen LogP contribution < -0.4 is 0 Å². The average molecular weight is 257 g/mol. The Bertz CT molecular complexity index is 405. The van der Waals surface area contributed by atoms with Gasteiger partial charge in [-0.15, -0.1) is 5.10 Å². The second-order valence-corrected chi connectivity index (χ2v) is 4.05. The summed E-state index contributed by atoms with van der Waals surface area (Å²) in [5, 5.41) is 3.88. The molecule has 0 saturated carbocycles. The van der Waals surface area contributed by atoms with Gasteiger partial charge in [-0.1, -0.05) is 11.4 Å². The first-order chi connectivity index (χ1) is 8.13. The highest BCUT2D eigenvalue weighted by Gasteiger charge is 2.22. The molecule has 0 spiro atoms. The summed E-state index contributed by atoms with van der Waals surface area (Å²) in [7, 11) is 1.30. The maximum absolute atomic E-state index is 12.1. The largest absolute Gasteiger partial charge is 0.468 e. The van der Waals surface area contributed by atoms with Crippen LogP contribution in [0.3, 0.4) is 0 Å². The van der Waals surface area contributed by atoms with Crippen molar-refractivity contribution >= 4 is 23.4 Å². The Labute approximate surface area is 104 Å². The van der Waals surface area contributed by atoms with Crippen LogP contribution >= 0.6 is 11.5 Å². The van der Waals surface area contributed by atoms with Gasteiger partial charge in [0.25, 0.3) is 5.91 Å². The number of carbonyl (C=O) groups excluding carboxylic acids is 2. The molecule has 17 heavy (non-hydrogen) atoms. The lowest BCUT2D eigenvalue weighted by atomic mass is 10.2. The number of methoxy groups -OCH3 is 1. The molecular formula is C10H15N3O3S. The first-order valence-electron chi connectivity index (χ1n) is 5.31. The first-order valence-corrected chi connectivity index (χ1v) is 6.08. The molecule has 0 atom stereocenters. The van der Waals surface area contributed by atoms with Crippen molar-refractivity contribution in [1.29, 1.82) is 0 Å². The number of ether oxygens (including phenoxy) is 1. The molecule has 94 valence electrons. The van der Waals surface area contributed by atoms with E-state index in [0.29, 0.717) is 23.5 Å². The van der Waals surface area contributed by atoms with Crippen molar-refractivity contribution in [3.63, 3.8) is 0 Å². The van der Waals surface area contributed by atoms with Crippen molar-refractivity contribution in [1.82, 2.24) is 14.5 Å². The molecule has 0 unspecified atom stereocenters. The van der Waals surface area contributed by atoms with Crippen molar-refractivity contribution in [2.75, 3.05) is 20.2 Å². The van der Waals surface area contributed by atoms with Crippen LogP contribution in [0.1, 0.15) is 29.2 Å². The van der Waals surface area contributed by atoms with Gasteiger partial charge in [0.2, 0.25) is 0 Å². The van der Waals surface area contributed by atoms with Crippen molar-refractivity contribution in [3.8, 4) is 0 Å². The smallest absolute Gasteiger partial charge is 0.325 e. The van der Waals surface area contributed by atoms with Crippen LogP contribution in [0.4, 0.5) is 0 Å². The third kappa shape index (κ3) is 3.23. The van der Waals surface area contributed by atoms with E-state index in [-0.39, 0.29) is 12.5 Å². The molecule has 0 aliphatic rings. The fraction of sp³-hybridized carbons (Fsp3) is 0.600. The first kappa shape index (κ1) is 13.6. The van der Waals surface area contributed by atoms with Crippen LogP contribution in [0.15, 0.2) is 0 Å². The summed E-state index contributed by atoms with van der Waals surface area (Å²) in [5.41, 5.74) is 0.670. The monoisotopic (exact) mass is 257 g/mol. The molecule has 0 radical (unpaired) electrons. The SMILES string of the molecule is CCc1nnsc1C(=O)N(CC)CC(=O)OC. The maximum atomic E-state index is 12.1. The van der Waals surface area contributed by atoms with Crippen LogP contribution in [-0.4, -0.2) is 46.6 Å². The van der Waals surface area contributed by atoms with Gasteiger partial charge in [-0.25, -0.2) is 0 Å². The summed E-state index contributed by atoms with van der Waals surface area (Å²) >= 11 is 1.06. The second kappa shape index (κ2) is 6.29. The van der Waals surface area contributed by atoms with E-state index in [9.17, 15) is 9.59 Å². The van der Waals surface area contributed by atoms with Crippen molar-refractivity contribution in [3.05, 3.63) is 10.6 Å². The average Bonchev–Trinajstić information content (AvgIpc) is 2.82. The molecule has 7 heteroatoms. The number of rotatable bonds is 5. The predicted molar refractivity (Wildman–Crippen MR) is 62.9 cm³/mol. The highest BCUT2D eigenvalue weighted by atomic mass is 32.1. The molecule has 1 heterocycles. The van der Waals surface area contributed by atoms with Crippen LogP contribution in [-0.2, 0) is 16.0 Å². The van der Waals surface area contributed by atoms with E-state index in [1.54, 1.807) is 6.92 Å². The zero-order valence-corrected chi connectivity index (χ0v) is 10.9. The fourth-order valence-electron chi connectivity index (χ4n) is 1.29. The van der Waals surface area contributed by atoms with Gasteiger partial charge in [0.15, 0.2) is 0 Å². The van der Waals surface area contributed by atoms with E-state index in [1.165, 1.54) is 12.0 Å². The topological polar surface area (TPSA) is 72.4 Å². The van der Waals surface area contributed by atoms with Crippen molar-refractivity contribution in [2.45, 2.75) is 20.3 Å². The van der Waals surface area contributed by atoms with Crippen LogP contribution in [0.5, 0.6) is 0 Å². The summed E-state index contributed by atoms with van der Waals surface area (Å²) in [6, 6.07) is 0. The second-order valence-electron chi connectivity index (χ2n) is 3.30. The Morgan fingerprint density at radius 2 is 2.12 bits per heavy atom. The summed E-state index contributed by atoms with van der Waals surface area (Å²) in [4.78, 5) is 25.2. The van der Waals surface area contributed by atoms with E-state index in [2.05, 4.69) is 14.3 Å². The van der Waals surface area contributed by atoms with Gasteiger partial charge < -0.3 is 9.64 Å². The summed E-state index contributed by atoms with van der Waals surface area (Å²) < 4.78 is 8.30. The van der Waals surface area contributed by atoms with E-state index < -0.39 is 5.97 Å². The quantitative estimate of drug-likeness (QED) is 0.727. The Morgan fingerprint density at radius 1 is 1.41 bits per heavy atom. The molecule has 0 N–H and O–H groups in total. The molecule has 1 aromatic rings. The summed E-state index contributed by atoms with van der Waals surface area (Å²) in [5.74, 6) is -0.652. The van der Waals surface area contributed by atoms with Crippen molar-refractivity contribution in [2.24, 2.45) is 0 Å². The van der Waals surface area contributed by atoms with Crippen molar-refractivity contribution < 1.29 is 14.3 Å². The number of hydrogen-bond donors (Lipinski definition) is 0. The molecule has 0 aliphatic heterocycles. The molecule has 6 nitrogen and oxygen atoms in total. The lowest BCUT2D eigenvalue weighted by molar-refractivity contribution is -0.141. The third-order valence-corrected chi connectivity index (χ3v) is 3.06. The number of aryl methyl sites for hydroxylation is 1. The number of likely N-dealkylation sites (N-methyl/N-ethyl adjacent to an activating group) is 1. The van der Waals surface area contributed by atoms with Crippen LogP contribution in [0.2, 0.25) is 0 Å². The molecular weight excluding hydrogens is 242 g/mol. The molecule has 0 fully saturated rings. The number of aromatic nitrogens is 2. The Hall–Kier alpha value is -1.50. The number of nitrogens with zero attached hydrogens (tertiary/aromatic N) is 3. The van der Waals surface area contributed by atoms with Gasteiger partial charge >= 0.3 is 5.97 Å². The van der Waals surface area contributed by atoms with Crippen LogP contribution in [0.25, 0.3) is 0 Å². The minimum Gasteiger partial charge on any atom is -0.468 e. The zero-order valence-electron chi connectivity index (χ0n) is 10.1. The number of amides is 1. The zero-order chi connectivity index (χ0) is 12.8. The van der Waals surface area contributed by atoms with Gasteiger partial charge in [-0.05, 0) is 24.9 Å². The highest BCUT2D eigenvalue weighted by molar-refractivity contribution is 7.08. The van der Waals surface area contributed by atoms with Gasteiger partial charge in [0.05, 0.1) is 12.8 Å². The summed E-state index contributed by atoms with van der Waals surface area (Å²) in [6.07, 6.45) is 0.646. The Balaban J connectivity index is 2.82. The van der Waals surface area contributed by atoms with Gasteiger partial charge in [-0.2, -0.15) is 0 Å². The number of carbonyl (C=O) groups is 2.